The lowest BCUT2D eigenvalue weighted by molar-refractivity contribution is 0.0964. The molecule has 0 saturated carbocycles. The van der Waals surface area contributed by atoms with Gasteiger partial charge in [0.05, 0.1) is 5.56 Å². The van der Waals surface area contributed by atoms with Crippen LogP contribution in [0, 0.1) is 5.82 Å². The van der Waals surface area contributed by atoms with Gasteiger partial charge in [-0.2, -0.15) is 4.98 Å². The normalized spacial score (nSPS) is 12.2. The molecule has 3 aromatic carbocycles. The van der Waals surface area contributed by atoms with E-state index in [9.17, 15) is 17.9 Å². The molecule has 0 fully saturated rings. The minimum Gasteiger partial charge on any atom is -0.760 e. The SMILES string of the molecule is CNC(=O)c1c(-c2ccc(F)cc2)oc2cc(CNS(=O)[O-])c(-c3cccc(-c4nc5ncccc5o4)c3)cc12. The lowest BCUT2D eigenvalue weighted by atomic mass is 9.94. The molecule has 0 aliphatic rings. The van der Waals surface area contributed by atoms with Crippen LogP contribution in [0.2, 0.25) is 0 Å². The van der Waals surface area contributed by atoms with Crippen LogP contribution in [0.4, 0.5) is 4.39 Å². The molecule has 200 valence electrons. The fraction of sp³-hybridized carbons (Fsp3) is 0.0690. The van der Waals surface area contributed by atoms with Crippen LogP contribution in [0.3, 0.4) is 0 Å². The quantitative estimate of drug-likeness (QED) is 0.254. The largest absolute Gasteiger partial charge is 0.760 e. The highest BCUT2D eigenvalue weighted by molar-refractivity contribution is 7.77. The molecule has 1 atom stereocenters. The molecule has 1 unspecified atom stereocenters. The van der Waals surface area contributed by atoms with Crippen LogP contribution in [0.15, 0.2) is 87.8 Å². The number of nitrogens with zero attached hydrogens (tertiary/aromatic N) is 2. The van der Waals surface area contributed by atoms with Gasteiger partial charge in [-0.3, -0.25) is 9.00 Å². The van der Waals surface area contributed by atoms with Crippen LogP contribution >= 0.6 is 0 Å². The van der Waals surface area contributed by atoms with E-state index in [4.69, 9.17) is 8.83 Å². The number of carbonyl (C=O) groups excluding carboxylic acids is 1. The molecule has 6 aromatic rings. The Hall–Kier alpha value is -4.71. The fourth-order valence-corrected chi connectivity index (χ4v) is 4.88. The summed E-state index contributed by atoms with van der Waals surface area (Å²) in [5.74, 6) is -0.157. The van der Waals surface area contributed by atoms with Gasteiger partial charge >= 0.3 is 0 Å². The zero-order valence-corrected chi connectivity index (χ0v) is 21.8. The first-order valence-electron chi connectivity index (χ1n) is 12.1. The van der Waals surface area contributed by atoms with Gasteiger partial charge < -0.3 is 18.7 Å². The Bertz CT molecular complexity index is 1880. The summed E-state index contributed by atoms with van der Waals surface area (Å²) in [5, 5.41) is 3.16. The highest BCUT2D eigenvalue weighted by Gasteiger charge is 2.24. The van der Waals surface area contributed by atoms with Crippen molar-refractivity contribution in [3.05, 3.63) is 95.9 Å². The van der Waals surface area contributed by atoms with Crippen molar-refractivity contribution in [3.63, 3.8) is 0 Å². The van der Waals surface area contributed by atoms with Gasteiger partial charge in [-0.1, -0.05) is 12.1 Å². The Morgan fingerprint density at radius 2 is 1.77 bits per heavy atom. The van der Waals surface area contributed by atoms with E-state index in [0.717, 1.165) is 5.56 Å². The number of pyridine rings is 1. The predicted octanol–water partition coefficient (Wildman–Crippen LogP) is 5.35. The Kier molecular flexibility index (Phi) is 6.68. The van der Waals surface area contributed by atoms with Crippen LogP contribution in [0.25, 0.3) is 56.1 Å². The van der Waals surface area contributed by atoms with E-state index in [1.807, 2.05) is 24.3 Å². The average Bonchev–Trinajstić information content (AvgIpc) is 3.57. The number of amides is 1. The molecule has 1 amide bonds. The molecule has 0 aliphatic carbocycles. The van der Waals surface area contributed by atoms with Crippen molar-refractivity contribution in [3.8, 4) is 33.9 Å². The number of halogens is 1. The molecule has 11 heteroatoms. The first-order valence-corrected chi connectivity index (χ1v) is 13.2. The zero-order chi connectivity index (χ0) is 27.8. The Labute approximate surface area is 229 Å². The van der Waals surface area contributed by atoms with Crippen LogP contribution < -0.4 is 10.0 Å². The Morgan fingerprint density at radius 3 is 2.52 bits per heavy atom. The summed E-state index contributed by atoms with van der Waals surface area (Å²) in [4.78, 5) is 21.8. The van der Waals surface area contributed by atoms with E-state index < -0.39 is 17.1 Å². The highest BCUT2D eigenvalue weighted by atomic mass is 32.2. The zero-order valence-electron chi connectivity index (χ0n) is 20.9. The number of carbonyl (C=O) groups is 1. The van der Waals surface area contributed by atoms with E-state index in [1.165, 1.54) is 31.3 Å². The monoisotopic (exact) mass is 555 g/mol. The summed E-state index contributed by atoms with van der Waals surface area (Å²) in [7, 11) is 1.51. The number of rotatable bonds is 7. The first kappa shape index (κ1) is 25.6. The maximum atomic E-state index is 13.6. The minimum atomic E-state index is -2.51. The van der Waals surface area contributed by atoms with Gasteiger partial charge in [-0.25, -0.2) is 14.1 Å². The summed E-state index contributed by atoms with van der Waals surface area (Å²) in [5.41, 5.74) is 4.89. The molecule has 6 rings (SSSR count). The van der Waals surface area contributed by atoms with Crippen LogP contribution in [-0.4, -0.2) is 31.7 Å². The number of aromatic nitrogens is 2. The van der Waals surface area contributed by atoms with Crippen LogP contribution in [0.1, 0.15) is 15.9 Å². The molecule has 0 bridgehead atoms. The van der Waals surface area contributed by atoms with Crippen molar-refractivity contribution >= 4 is 39.4 Å². The van der Waals surface area contributed by atoms with Gasteiger partial charge in [0, 0.05) is 47.6 Å². The summed E-state index contributed by atoms with van der Waals surface area (Å²) < 4.78 is 50.7. The van der Waals surface area contributed by atoms with Gasteiger partial charge in [0.15, 0.2) is 11.2 Å². The van der Waals surface area contributed by atoms with Crippen molar-refractivity contribution < 1.29 is 26.8 Å². The van der Waals surface area contributed by atoms with Gasteiger partial charge in [-0.05, 0) is 77.4 Å². The third-order valence-electron chi connectivity index (χ3n) is 6.44. The van der Waals surface area contributed by atoms with E-state index in [2.05, 4.69) is 20.0 Å². The summed E-state index contributed by atoms with van der Waals surface area (Å²) >= 11 is -2.51. The smallest absolute Gasteiger partial charge is 0.255 e. The average molecular weight is 556 g/mol. The molecule has 40 heavy (non-hydrogen) atoms. The Morgan fingerprint density at radius 1 is 0.975 bits per heavy atom. The molecule has 2 N–H and O–H groups in total. The molecular formula is C29H20FN4O5S-. The Balaban J connectivity index is 1.55. The first-order chi connectivity index (χ1) is 19.4. The summed E-state index contributed by atoms with van der Waals surface area (Å²) in [6.07, 6.45) is 1.63. The van der Waals surface area contributed by atoms with Crippen molar-refractivity contribution in [2.45, 2.75) is 6.54 Å². The molecule has 0 saturated heterocycles. The minimum absolute atomic E-state index is 0.0275. The molecule has 9 nitrogen and oxygen atoms in total. The molecule has 3 aromatic heterocycles. The standard InChI is InChI=1S/C29H21FN4O5S/c1-31-28(35)25-22-14-21(17-4-2-5-18(12-17)29-34-27-23(39-29)6-3-11-32-27)19(15-33-40(36)37)13-24(22)38-26(25)16-7-9-20(30)10-8-16/h2-14,33H,15H2,1H3,(H,31,35)(H,36,37)/p-1. The second kappa shape index (κ2) is 10.5. The van der Waals surface area contributed by atoms with Crippen LogP contribution in [-0.2, 0) is 17.8 Å². The number of furan rings is 1. The maximum Gasteiger partial charge on any atom is 0.255 e. The molecule has 0 spiro atoms. The van der Waals surface area contributed by atoms with E-state index in [1.54, 1.807) is 30.5 Å². The third-order valence-corrected chi connectivity index (χ3v) is 6.82. The number of nitrogens with one attached hydrogen (secondary N) is 2. The number of oxazole rings is 1. The fourth-order valence-electron chi connectivity index (χ4n) is 4.60. The topological polar surface area (TPSA) is 133 Å². The summed E-state index contributed by atoms with van der Waals surface area (Å²) in [6.45, 7) is -0.0275. The predicted molar refractivity (Wildman–Crippen MR) is 147 cm³/mol. The van der Waals surface area contributed by atoms with E-state index in [0.29, 0.717) is 50.3 Å². The number of hydrogen-bond donors (Lipinski definition) is 2. The van der Waals surface area contributed by atoms with E-state index >= 15 is 0 Å². The van der Waals surface area contributed by atoms with Crippen molar-refractivity contribution in [1.82, 2.24) is 20.0 Å². The third kappa shape index (κ3) is 4.77. The molecular weight excluding hydrogens is 535 g/mol. The molecule has 0 aliphatic heterocycles. The molecule has 3 heterocycles. The number of benzene rings is 3. The lowest BCUT2D eigenvalue weighted by Gasteiger charge is -2.13. The summed E-state index contributed by atoms with van der Waals surface area (Å²) in [6, 6.07) is 20.1. The number of fused-ring (bicyclic) bond motifs is 2. The maximum absolute atomic E-state index is 13.6. The highest BCUT2D eigenvalue weighted by Crippen LogP contribution is 2.39. The van der Waals surface area contributed by atoms with Gasteiger partial charge in [0.25, 0.3) is 5.91 Å². The van der Waals surface area contributed by atoms with Crippen molar-refractivity contribution in [2.75, 3.05) is 7.05 Å². The molecule has 0 radical (unpaired) electrons. The number of hydrogen-bond acceptors (Lipinski definition) is 7. The van der Waals surface area contributed by atoms with Gasteiger partial charge in [0.1, 0.15) is 17.2 Å². The van der Waals surface area contributed by atoms with Crippen LogP contribution in [0.5, 0.6) is 0 Å². The van der Waals surface area contributed by atoms with E-state index in [-0.39, 0.29) is 23.8 Å². The van der Waals surface area contributed by atoms with Crippen molar-refractivity contribution in [2.24, 2.45) is 0 Å². The second-order valence-corrected chi connectivity index (χ2v) is 9.64. The lowest BCUT2D eigenvalue weighted by Crippen LogP contribution is -2.18. The van der Waals surface area contributed by atoms with Gasteiger partial charge in [-0.15, -0.1) is 0 Å². The van der Waals surface area contributed by atoms with Crippen molar-refractivity contribution in [1.29, 1.82) is 0 Å². The van der Waals surface area contributed by atoms with Gasteiger partial charge in [0.2, 0.25) is 5.89 Å². The second-order valence-electron chi connectivity index (χ2n) is 8.88.